The number of hydrogen-bond donors (Lipinski definition) is 2. The van der Waals surface area contributed by atoms with Gasteiger partial charge in [0.25, 0.3) is 0 Å². The minimum absolute atomic E-state index is 0.114. The first-order chi connectivity index (χ1) is 6.44. The topological polar surface area (TPSA) is 105 Å². The summed E-state index contributed by atoms with van der Waals surface area (Å²) in [5.74, 6) is -0.285. The van der Waals surface area contributed by atoms with Gasteiger partial charge in [0.1, 0.15) is 0 Å². The predicted molar refractivity (Wildman–Crippen MR) is 51.7 cm³/mol. The Morgan fingerprint density at radius 2 is 2.21 bits per heavy atom. The molecule has 0 aliphatic rings. The summed E-state index contributed by atoms with van der Waals surface area (Å²) >= 11 is 0. The summed E-state index contributed by atoms with van der Waals surface area (Å²) < 4.78 is 28.4. The third-order valence-corrected chi connectivity index (χ3v) is 3.29. The molecule has 0 amide bonds. The molecule has 0 unspecified atom stereocenters. The van der Waals surface area contributed by atoms with Crippen molar-refractivity contribution >= 4 is 15.9 Å². The van der Waals surface area contributed by atoms with Gasteiger partial charge in [0.2, 0.25) is 10.0 Å². The predicted octanol–water partition coefficient (Wildman–Crippen LogP) is -1.36. The lowest BCUT2D eigenvalue weighted by atomic mass is 10.6. The normalized spacial score (nSPS) is 13.5. The molecule has 0 aromatic heterocycles. The van der Waals surface area contributed by atoms with Crippen LogP contribution >= 0.6 is 0 Å². The smallest absolute Gasteiger partial charge is 0.216 e. The number of nitrogens with zero attached hydrogens (tertiary/aromatic N) is 2. The Labute approximate surface area is 83.2 Å². The maximum Gasteiger partial charge on any atom is 0.216 e. The Kier molecular flexibility index (Phi) is 5.43. The first kappa shape index (κ1) is 13.1. The van der Waals surface area contributed by atoms with Crippen molar-refractivity contribution < 1.29 is 18.4 Å². The summed E-state index contributed by atoms with van der Waals surface area (Å²) in [6.07, 6.45) is 0. The fraction of sp³-hybridized carbons (Fsp3) is 0.833. The monoisotopic (exact) mass is 225 g/mol. The van der Waals surface area contributed by atoms with Crippen LogP contribution in [-0.2, 0) is 14.8 Å². The maximum absolute atomic E-state index is 11.4. The minimum atomic E-state index is -3.39. The Balaban J connectivity index is 4.29. The maximum atomic E-state index is 11.4. The Bertz CT molecular complexity index is 287. The zero-order valence-corrected chi connectivity index (χ0v) is 8.99. The van der Waals surface area contributed by atoms with E-state index in [0.717, 1.165) is 4.31 Å². The van der Waals surface area contributed by atoms with E-state index in [1.54, 1.807) is 0 Å². The van der Waals surface area contributed by atoms with Gasteiger partial charge in [-0.1, -0.05) is 5.16 Å². The van der Waals surface area contributed by atoms with Crippen LogP contribution in [0, 0.1) is 0 Å². The van der Waals surface area contributed by atoms with E-state index in [1.807, 2.05) is 0 Å². The van der Waals surface area contributed by atoms with Crippen LogP contribution in [0.25, 0.3) is 0 Å². The molecule has 7 nitrogen and oxygen atoms in total. The fourth-order valence-electron chi connectivity index (χ4n) is 0.703. The van der Waals surface area contributed by atoms with Crippen LogP contribution < -0.4 is 5.73 Å². The van der Waals surface area contributed by atoms with Crippen molar-refractivity contribution in [2.75, 3.05) is 33.1 Å². The van der Waals surface area contributed by atoms with Gasteiger partial charge in [-0.3, -0.25) is 0 Å². The number of nitrogens with two attached hydrogens (primary N) is 1. The Morgan fingerprint density at radius 3 is 2.64 bits per heavy atom. The van der Waals surface area contributed by atoms with Gasteiger partial charge in [0.05, 0.1) is 18.9 Å². The van der Waals surface area contributed by atoms with Crippen LogP contribution in [0.2, 0.25) is 0 Å². The molecule has 0 heterocycles. The fourth-order valence-corrected chi connectivity index (χ4v) is 1.72. The number of oxime groups is 1. The summed E-state index contributed by atoms with van der Waals surface area (Å²) in [5, 5.41) is 10.9. The van der Waals surface area contributed by atoms with Gasteiger partial charge in [-0.15, -0.1) is 0 Å². The summed E-state index contributed by atoms with van der Waals surface area (Å²) in [5.41, 5.74) is 5.16. The van der Waals surface area contributed by atoms with Gasteiger partial charge in [0.15, 0.2) is 5.84 Å². The average Bonchev–Trinajstić information content (AvgIpc) is 2.14. The molecule has 0 radical (unpaired) electrons. The molecule has 0 spiro atoms. The van der Waals surface area contributed by atoms with Crippen molar-refractivity contribution in [3.05, 3.63) is 0 Å². The second-order valence-electron chi connectivity index (χ2n) is 2.66. The van der Waals surface area contributed by atoms with Crippen LogP contribution in [0.5, 0.6) is 0 Å². The van der Waals surface area contributed by atoms with Crippen LogP contribution in [0.4, 0.5) is 0 Å². The summed E-state index contributed by atoms with van der Waals surface area (Å²) in [6.45, 7) is -0.0224. The van der Waals surface area contributed by atoms with Gasteiger partial charge in [0, 0.05) is 14.2 Å². The molecule has 0 aliphatic carbocycles. The molecule has 0 aromatic carbocycles. The zero-order valence-electron chi connectivity index (χ0n) is 8.17. The highest BCUT2D eigenvalue weighted by Gasteiger charge is 2.18. The van der Waals surface area contributed by atoms with E-state index in [-0.39, 0.29) is 24.7 Å². The lowest BCUT2D eigenvalue weighted by Gasteiger charge is -2.15. The molecular formula is C6H15N3O4S. The minimum Gasteiger partial charge on any atom is -0.409 e. The highest BCUT2D eigenvalue weighted by molar-refractivity contribution is 7.89. The third-order valence-electron chi connectivity index (χ3n) is 1.53. The highest BCUT2D eigenvalue weighted by atomic mass is 32.2. The first-order valence-corrected chi connectivity index (χ1v) is 5.44. The molecule has 0 aromatic rings. The van der Waals surface area contributed by atoms with Crippen molar-refractivity contribution in [2.45, 2.75) is 0 Å². The number of ether oxygens (including phenoxy) is 1. The van der Waals surface area contributed by atoms with Crippen molar-refractivity contribution in [2.24, 2.45) is 10.9 Å². The number of sulfonamides is 1. The SMILES string of the molecule is COCCS(=O)(=O)N(C)CC(N)=NO. The van der Waals surface area contributed by atoms with E-state index in [1.165, 1.54) is 14.2 Å². The van der Waals surface area contributed by atoms with Crippen molar-refractivity contribution in [3.63, 3.8) is 0 Å². The number of amidine groups is 1. The van der Waals surface area contributed by atoms with Crippen LogP contribution in [0.15, 0.2) is 5.16 Å². The van der Waals surface area contributed by atoms with Crippen molar-refractivity contribution in [3.8, 4) is 0 Å². The van der Waals surface area contributed by atoms with E-state index >= 15 is 0 Å². The van der Waals surface area contributed by atoms with Crippen LogP contribution in [0.3, 0.4) is 0 Å². The van der Waals surface area contributed by atoms with Crippen molar-refractivity contribution in [1.82, 2.24) is 4.31 Å². The van der Waals surface area contributed by atoms with Gasteiger partial charge < -0.3 is 15.7 Å². The van der Waals surface area contributed by atoms with Gasteiger partial charge >= 0.3 is 0 Å². The summed E-state index contributed by atoms with van der Waals surface area (Å²) in [7, 11) is -0.625. The summed E-state index contributed by atoms with van der Waals surface area (Å²) in [6, 6.07) is 0. The molecule has 0 saturated carbocycles. The Morgan fingerprint density at radius 1 is 1.64 bits per heavy atom. The lowest BCUT2D eigenvalue weighted by Crippen LogP contribution is -2.37. The number of rotatable bonds is 6. The first-order valence-electron chi connectivity index (χ1n) is 3.83. The average molecular weight is 225 g/mol. The molecule has 3 N–H and O–H groups in total. The van der Waals surface area contributed by atoms with Crippen molar-refractivity contribution in [1.29, 1.82) is 0 Å². The molecule has 0 saturated heterocycles. The van der Waals surface area contributed by atoms with Crippen LogP contribution in [-0.4, -0.2) is 56.8 Å². The number of likely N-dealkylation sites (N-methyl/N-ethyl adjacent to an activating group) is 1. The summed E-state index contributed by atoms with van der Waals surface area (Å²) in [4.78, 5) is 0. The molecule has 8 heteroatoms. The molecule has 14 heavy (non-hydrogen) atoms. The third kappa shape index (κ3) is 4.40. The van der Waals surface area contributed by atoms with E-state index < -0.39 is 10.0 Å². The van der Waals surface area contributed by atoms with Gasteiger partial charge in [-0.2, -0.15) is 4.31 Å². The second kappa shape index (κ2) is 5.78. The largest absolute Gasteiger partial charge is 0.409 e. The Hall–Kier alpha value is -0.860. The van der Waals surface area contributed by atoms with Gasteiger partial charge in [-0.25, -0.2) is 8.42 Å². The molecule has 0 rings (SSSR count). The highest BCUT2D eigenvalue weighted by Crippen LogP contribution is 1.97. The zero-order chi connectivity index (χ0) is 11.2. The molecule has 84 valence electrons. The molecule has 0 bridgehead atoms. The molecule has 0 fully saturated rings. The van der Waals surface area contributed by atoms with Crippen LogP contribution in [0.1, 0.15) is 0 Å². The molecule has 0 atom stereocenters. The van der Waals surface area contributed by atoms with E-state index in [4.69, 9.17) is 10.9 Å². The van der Waals surface area contributed by atoms with E-state index in [2.05, 4.69) is 9.89 Å². The molecule has 0 aliphatic heterocycles. The standard InChI is InChI=1S/C6H15N3O4S/c1-9(5-6(7)8-10)14(11,12)4-3-13-2/h10H,3-5H2,1-2H3,(H2,7,8). The van der Waals surface area contributed by atoms with E-state index in [9.17, 15) is 8.42 Å². The quantitative estimate of drug-likeness (QED) is 0.251. The second-order valence-corrected chi connectivity index (χ2v) is 4.85. The van der Waals surface area contributed by atoms with Gasteiger partial charge in [-0.05, 0) is 0 Å². The number of hydrogen-bond acceptors (Lipinski definition) is 5. The molecular weight excluding hydrogens is 210 g/mol. The van der Waals surface area contributed by atoms with E-state index in [0.29, 0.717) is 0 Å². The lowest BCUT2D eigenvalue weighted by molar-refractivity contribution is 0.216. The number of methoxy groups -OCH3 is 1.